The molecule has 22 heavy (non-hydrogen) atoms. The molecule has 0 aromatic heterocycles. The number of anilines is 1. The van der Waals surface area contributed by atoms with Crippen molar-refractivity contribution in [1.82, 2.24) is 0 Å². The van der Waals surface area contributed by atoms with Gasteiger partial charge >= 0.3 is 16.2 Å². The summed E-state index contributed by atoms with van der Waals surface area (Å²) >= 11 is 0. The Morgan fingerprint density at radius 2 is 2.05 bits per heavy atom. The topological polar surface area (TPSA) is 112 Å². The van der Waals surface area contributed by atoms with Crippen LogP contribution in [0.15, 0.2) is 24.3 Å². The Kier molecular flexibility index (Phi) is 5.07. The van der Waals surface area contributed by atoms with E-state index in [-0.39, 0.29) is 12.2 Å². The van der Waals surface area contributed by atoms with Crippen molar-refractivity contribution in [2.24, 2.45) is 5.73 Å². The zero-order valence-corrected chi connectivity index (χ0v) is 13.1. The maximum atomic E-state index is 11.5. The smallest absolute Gasteiger partial charge is 0.398 e. The fourth-order valence-corrected chi connectivity index (χ4v) is 3.35. The van der Waals surface area contributed by atoms with Gasteiger partial charge in [-0.25, -0.2) is 4.79 Å². The zero-order chi connectivity index (χ0) is 16.2. The standard InChI is InChI=1S/C15H20N2O4S/c16-14-7-6-11(8-9-22(19,20)21-15(17)18)10-13(14)12-4-2-1-3-5-12/h4,6-7,10H,1-3,5,8-9,16H2,(H2,17,18). The van der Waals surface area contributed by atoms with Crippen LogP contribution in [0.5, 0.6) is 0 Å². The normalized spacial score (nSPS) is 15.2. The summed E-state index contributed by atoms with van der Waals surface area (Å²) < 4.78 is 27.1. The number of allylic oxidation sites excluding steroid dienone is 2. The summed E-state index contributed by atoms with van der Waals surface area (Å²) in [6, 6.07) is 5.47. The molecule has 0 fully saturated rings. The molecule has 0 heterocycles. The molecule has 1 aliphatic carbocycles. The molecular weight excluding hydrogens is 304 g/mol. The minimum absolute atomic E-state index is 0.232. The number of carbonyl (C=O) groups is 1. The van der Waals surface area contributed by atoms with Crippen molar-refractivity contribution in [1.29, 1.82) is 0 Å². The maximum absolute atomic E-state index is 11.5. The Hall–Kier alpha value is -2.02. The number of hydrogen-bond acceptors (Lipinski definition) is 5. The lowest BCUT2D eigenvalue weighted by Gasteiger charge is -2.16. The highest BCUT2D eigenvalue weighted by Crippen LogP contribution is 2.31. The first-order chi connectivity index (χ1) is 10.4. The molecule has 0 saturated carbocycles. The molecule has 0 bridgehead atoms. The number of amides is 1. The average Bonchev–Trinajstić information content (AvgIpc) is 2.46. The molecule has 1 aliphatic rings. The Morgan fingerprint density at radius 3 is 2.68 bits per heavy atom. The molecule has 0 atom stereocenters. The summed E-state index contributed by atoms with van der Waals surface area (Å²) in [5, 5.41) is 0. The van der Waals surface area contributed by atoms with Gasteiger partial charge in [-0.2, -0.15) is 8.42 Å². The van der Waals surface area contributed by atoms with E-state index in [2.05, 4.69) is 10.3 Å². The molecule has 1 aromatic carbocycles. The minimum Gasteiger partial charge on any atom is -0.398 e. The van der Waals surface area contributed by atoms with Gasteiger partial charge in [0, 0.05) is 11.3 Å². The van der Waals surface area contributed by atoms with Gasteiger partial charge in [-0.3, -0.25) is 0 Å². The molecule has 0 unspecified atom stereocenters. The van der Waals surface area contributed by atoms with Crippen LogP contribution in [0.1, 0.15) is 36.8 Å². The van der Waals surface area contributed by atoms with E-state index in [4.69, 9.17) is 11.5 Å². The van der Waals surface area contributed by atoms with Crippen LogP contribution in [0.25, 0.3) is 5.57 Å². The summed E-state index contributed by atoms with van der Waals surface area (Å²) in [6.45, 7) is 0. The zero-order valence-electron chi connectivity index (χ0n) is 12.2. The number of hydrogen-bond donors (Lipinski definition) is 2. The van der Waals surface area contributed by atoms with Gasteiger partial charge in [-0.1, -0.05) is 12.1 Å². The second-order valence-corrected chi connectivity index (χ2v) is 7.00. The molecule has 1 amide bonds. The molecular formula is C15H20N2O4S. The second kappa shape index (κ2) is 6.83. The van der Waals surface area contributed by atoms with E-state index < -0.39 is 16.2 Å². The van der Waals surface area contributed by atoms with Gasteiger partial charge < -0.3 is 15.7 Å². The fourth-order valence-electron chi connectivity index (χ4n) is 2.53. The van der Waals surface area contributed by atoms with Crippen molar-refractivity contribution >= 4 is 27.5 Å². The molecule has 0 radical (unpaired) electrons. The molecule has 1 aromatic rings. The number of nitrogens with two attached hydrogens (primary N) is 2. The average molecular weight is 324 g/mol. The number of aryl methyl sites for hydroxylation is 1. The first kappa shape index (κ1) is 16.4. The van der Waals surface area contributed by atoms with Gasteiger partial charge in [0.05, 0.1) is 5.75 Å². The van der Waals surface area contributed by atoms with Crippen LogP contribution < -0.4 is 11.5 Å². The number of benzene rings is 1. The van der Waals surface area contributed by atoms with Gasteiger partial charge in [0.15, 0.2) is 0 Å². The van der Waals surface area contributed by atoms with Crippen LogP contribution in [0.2, 0.25) is 0 Å². The van der Waals surface area contributed by atoms with Crippen molar-refractivity contribution in [3.05, 3.63) is 35.4 Å². The Bertz CT molecular complexity index is 695. The predicted octanol–water partition coefficient (Wildman–Crippen LogP) is 2.19. The van der Waals surface area contributed by atoms with E-state index >= 15 is 0 Å². The summed E-state index contributed by atoms with van der Waals surface area (Å²) in [4.78, 5) is 10.5. The van der Waals surface area contributed by atoms with Gasteiger partial charge in [-0.15, -0.1) is 0 Å². The van der Waals surface area contributed by atoms with E-state index in [1.54, 1.807) is 12.1 Å². The van der Waals surface area contributed by atoms with E-state index in [0.29, 0.717) is 5.69 Å². The highest BCUT2D eigenvalue weighted by Gasteiger charge is 2.16. The summed E-state index contributed by atoms with van der Waals surface area (Å²) in [5.41, 5.74) is 14.4. The van der Waals surface area contributed by atoms with Gasteiger partial charge in [0.1, 0.15) is 0 Å². The third-order valence-corrected chi connectivity index (χ3v) is 4.73. The summed E-state index contributed by atoms with van der Waals surface area (Å²) in [7, 11) is -3.95. The van der Waals surface area contributed by atoms with Crippen LogP contribution in [0.3, 0.4) is 0 Å². The Balaban J connectivity index is 2.13. The molecule has 0 saturated heterocycles. The highest BCUT2D eigenvalue weighted by atomic mass is 32.2. The molecule has 2 rings (SSSR count). The Labute approximate surface area is 130 Å². The van der Waals surface area contributed by atoms with E-state index in [1.165, 1.54) is 12.0 Å². The Morgan fingerprint density at radius 1 is 1.27 bits per heavy atom. The third kappa shape index (κ3) is 4.49. The van der Waals surface area contributed by atoms with Gasteiger partial charge in [-0.05, 0) is 55.4 Å². The largest absolute Gasteiger partial charge is 0.420 e. The van der Waals surface area contributed by atoms with Crippen molar-refractivity contribution < 1.29 is 17.4 Å². The first-order valence-corrected chi connectivity index (χ1v) is 8.74. The number of rotatable bonds is 5. The number of nitrogen functional groups attached to an aromatic ring is 1. The van der Waals surface area contributed by atoms with Crippen LogP contribution in [0.4, 0.5) is 10.5 Å². The second-order valence-electron chi connectivity index (χ2n) is 5.31. The molecule has 0 spiro atoms. The summed E-state index contributed by atoms with van der Waals surface area (Å²) in [5.74, 6) is -0.307. The van der Waals surface area contributed by atoms with Crippen molar-refractivity contribution in [2.75, 3.05) is 11.5 Å². The van der Waals surface area contributed by atoms with Gasteiger partial charge in [0.2, 0.25) is 0 Å². The maximum Gasteiger partial charge on any atom is 0.420 e. The minimum atomic E-state index is -3.95. The van der Waals surface area contributed by atoms with Crippen molar-refractivity contribution in [2.45, 2.75) is 32.1 Å². The molecule has 0 aliphatic heterocycles. The molecule has 7 heteroatoms. The quantitative estimate of drug-likeness (QED) is 0.637. The lowest BCUT2D eigenvalue weighted by molar-refractivity contribution is 0.213. The lowest BCUT2D eigenvalue weighted by atomic mass is 9.91. The van der Waals surface area contributed by atoms with Crippen LogP contribution in [-0.2, 0) is 20.7 Å². The molecule has 6 nitrogen and oxygen atoms in total. The number of carbonyl (C=O) groups excluding carboxylic acids is 1. The number of primary amides is 1. The monoisotopic (exact) mass is 324 g/mol. The van der Waals surface area contributed by atoms with Crippen LogP contribution >= 0.6 is 0 Å². The molecule has 4 N–H and O–H groups in total. The molecule has 120 valence electrons. The van der Waals surface area contributed by atoms with Gasteiger partial charge in [0.25, 0.3) is 0 Å². The predicted molar refractivity (Wildman–Crippen MR) is 85.5 cm³/mol. The van der Waals surface area contributed by atoms with Crippen LogP contribution in [-0.4, -0.2) is 20.3 Å². The lowest BCUT2D eigenvalue weighted by Crippen LogP contribution is -2.21. The van der Waals surface area contributed by atoms with E-state index in [9.17, 15) is 13.2 Å². The van der Waals surface area contributed by atoms with Crippen molar-refractivity contribution in [3.63, 3.8) is 0 Å². The van der Waals surface area contributed by atoms with E-state index in [0.717, 1.165) is 30.4 Å². The highest BCUT2D eigenvalue weighted by molar-refractivity contribution is 7.87. The SMILES string of the molecule is NC(=O)OS(=O)(=O)CCc1ccc(N)c(C2=CCCCC2)c1. The van der Waals surface area contributed by atoms with E-state index in [1.807, 2.05) is 6.07 Å². The summed E-state index contributed by atoms with van der Waals surface area (Å²) in [6.07, 6.45) is 5.45. The third-order valence-electron chi connectivity index (χ3n) is 3.60. The fraction of sp³-hybridized carbons (Fsp3) is 0.400. The van der Waals surface area contributed by atoms with Crippen LogP contribution in [0, 0.1) is 0 Å². The first-order valence-electron chi connectivity index (χ1n) is 7.17. The van der Waals surface area contributed by atoms with Crippen molar-refractivity contribution in [3.8, 4) is 0 Å².